The molecular weight excluding hydrogens is 416 g/mol. The summed E-state index contributed by atoms with van der Waals surface area (Å²) in [6, 6.07) is 10.5. The Morgan fingerprint density at radius 1 is 1.26 bits per heavy atom. The molecule has 0 aliphatic heterocycles. The van der Waals surface area contributed by atoms with Gasteiger partial charge in [0, 0.05) is 30.4 Å². The highest BCUT2D eigenvalue weighted by Gasteiger charge is 2.12. The maximum absolute atomic E-state index is 12.3. The maximum atomic E-state index is 12.3. The molecule has 0 aliphatic rings. The van der Waals surface area contributed by atoms with E-state index in [0.29, 0.717) is 29.8 Å². The Balaban J connectivity index is 1.57. The van der Waals surface area contributed by atoms with E-state index in [1.54, 1.807) is 41.1 Å². The second-order valence-electron chi connectivity index (χ2n) is 7.55. The van der Waals surface area contributed by atoms with E-state index >= 15 is 0 Å². The molecule has 0 atom stereocenters. The molecule has 0 spiro atoms. The third kappa shape index (κ3) is 6.08. The molecule has 0 fully saturated rings. The fraction of sp³-hybridized carbons (Fsp3) is 0.261. The summed E-state index contributed by atoms with van der Waals surface area (Å²) in [6.07, 6.45) is 4.56. The number of nitrogens with one attached hydrogen (secondary N) is 2. The molecule has 0 saturated heterocycles. The highest BCUT2D eigenvalue weighted by atomic mass is 35.5. The van der Waals surface area contributed by atoms with E-state index in [4.69, 9.17) is 16.0 Å². The minimum atomic E-state index is -0.334. The molecule has 0 bridgehead atoms. The summed E-state index contributed by atoms with van der Waals surface area (Å²) in [7, 11) is 0. The molecule has 31 heavy (non-hydrogen) atoms. The van der Waals surface area contributed by atoms with Crippen molar-refractivity contribution in [2.24, 2.45) is 5.92 Å². The number of carbonyl (C=O) groups is 2. The summed E-state index contributed by atoms with van der Waals surface area (Å²) in [5.74, 6) is 0.0579. The summed E-state index contributed by atoms with van der Waals surface area (Å²) >= 11 is 6.40. The molecule has 162 valence electrons. The Hall–Kier alpha value is -3.32. The van der Waals surface area contributed by atoms with Gasteiger partial charge >= 0.3 is 0 Å². The molecule has 3 aromatic rings. The summed E-state index contributed by atoms with van der Waals surface area (Å²) < 4.78 is 6.84. The molecule has 3 rings (SSSR count). The predicted octanol–water partition coefficient (Wildman–Crippen LogP) is 4.68. The number of amides is 2. The smallest absolute Gasteiger partial charge is 0.291 e. The van der Waals surface area contributed by atoms with E-state index < -0.39 is 0 Å². The average Bonchev–Trinajstić information content (AvgIpc) is 3.34. The Labute approximate surface area is 186 Å². The number of hydrogen-bond donors (Lipinski definition) is 2. The number of nitrogens with zero attached hydrogens (tertiary/aromatic N) is 2. The van der Waals surface area contributed by atoms with E-state index in [0.717, 1.165) is 16.8 Å². The molecule has 0 radical (unpaired) electrons. The van der Waals surface area contributed by atoms with Crippen molar-refractivity contribution in [2.75, 3.05) is 5.32 Å². The highest BCUT2D eigenvalue weighted by Crippen LogP contribution is 2.22. The van der Waals surface area contributed by atoms with E-state index in [1.807, 2.05) is 13.0 Å². The van der Waals surface area contributed by atoms with E-state index in [-0.39, 0.29) is 17.6 Å². The van der Waals surface area contributed by atoms with Gasteiger partial charge in [-0.05, 0) is 48.7 Å². The molecule has 2 N–H and O–H groups in total. The molecule has 2 amide bonds. The van der Waals surface area contributed by atoms with Crippen LogP contribution < -0.4 is 10.6 Å². The van der Waals surface area contributed by atoms with Crippen LogP contribution in [0.1, 0.15) is 41.2 Å². The van der Waals surface area contributed by atoms with Gasteiger partial charge in [0.15, 0.2) is 5.76 Å². The van der Waals surface area contributed by atoms with Crippen molar-refractivity contribution in [3.63, 3.8) is 0 Å². The van der Waals surface area contributed by atoms with Crippen molar-refractivity contribution in [1.82, 2.24) is 15.1 Å². The Morgan fingerprint density at radius 2 is 2.06 bits per heavy atom. The first-order valence-corrected chi connectivity index (χ1v) is 10.3. The van der Waals surface area contributed by atoms with Gasteiger partial charge in [0.1, 0.15) is 5.15 Å². The number of hydrogen-bond acceptors (Lipinski definition) is 4. The van der Waals surface area contributed by atoms with Crippen LogP contribution in [-0.2, 0) is 17.9 Å². The number of benzene rings is 1. The molecule has 8 heteroatoms. The minimum Gasteiger partial charge on any atom is -0.459 e. The number of aryl methyl sites for hydroxylation is 1. The number of furan rings is 1. The zero-order chi connectivity index (χ0) is 22.4. The number of carbonyl (C=O) groups excluding carboxylic acids is 2. The first-order chi connectivity index (χ1) is 14.8. The first-order valence-electron chi connectivity index (χ1n) is 9.96. The van der Waals surface area contributed by atoms with Crippen LogP contribution in [0.25, 0.3) is 6.08 Å². The van der Waals surface area contributed by atoms with Gasteiger partial charge in [-0.1, -0.05) is 37.6 Å². The molecule has 2 aromatic heterocycles. The molecular formula is C23H25ClN4O3. The average molecular weight is 441 g/mol. The van der Waals surface area contributed by atoms with Crippen molar-refractivity contribution >= 4 is 35.2 Å². The summed E-state index contributed by atoms with van der Waals surface area (Å²) in [6.45, 7) is 7.07. The zero-order valence-electron chi connectivity index (χ0n) is 17.7. The van der Waals surface area contributed by atoms with E-state index in [2.05, 4.69) is 29.6 Å². The Morgan fingerprint density at radius 3 is 2.77 bits per heavy atom. The van der Waals surface area contributed by atoms with Crippen molar-refractivity contribution in [3.05, 3.63) is 76.5 Å². The van der Waals surface area contributed by atoms with Crippen molar-refractivity contribution < 1.29 is 14.0 Å². The minimum absolute atomic E-state index is 0.231. The summed E-state index contributed by atoms with van der Waals surface area (Å²) in [5, 5.41) is 10.5. The van der Waals surface area contributed by atoms with E-state index in [9.17, 15) is 9.59 Å². The quantitative estimate of drug-likeness (QED) is 0.498. The fourth-order valence-corrected chi connectivity index (χ4v) is 3.30. The van der Waals surface area contributed by atoms with Gasteiger partial charge < -0.3 is 15.1 Å². The number of aromatic nitrogens is 2. The van der Waals surface area contributed by atoms with Crippen LogP contribution in [0.4, 0.5) is 5.69 Å². The van der Waals surface area contributed by atoms with Crippen LogP contribution in [0.15, 0.2) is 53.2 Å². The van der Waals surface area contributed by atoms with Crippen molar-refractivity contribution in [2.45, 2.75) is 33.9 Å². The van der Waals surface area contributed by atoms with Crippen LogP contribution in [0.2, 0.25) is 5.15 Å². The lowest BCUT2D eigenvalue weighted by Gasteiger charge is -2.07. The van der Waals surface area contributed by atoms with Crippen LogP contribution in [0.5, 0.6) is 0 Å². The van der Waals surface area contributed by atoms with Gasteiger partial charge in [0.2, 0.25) is 5.91 Å². The number of anilines is 1. The van der Waals surface area contributed by atoms with Crippen molar-refractivity contribution in [3.8, 4) is 0 Å². The normalized spacial score (nSPS) is 11.3. The van der Waals surface area contributed by atoms with Crippen LogP contribution in [0.3, 0.4) is 0 Å². The molecule has 0 aliphatic carbocycles. The van der Waals surface area contributed by atoms with Gasteiger partial charge in [0.25, 0.3) is 5.91 Å². The van der Waals surface area contributed by atoms with Crippen LogP contribution in [0, 0.1) is 12.8 Å². The zero-order valence-corrected chi connectivity index (χ0v) is 18.4. The lowest BCUT2D eigenvalue weighted by Crippen LogP contribution is -2.20. The lowest BCUT2D eigenvalue weighted by molar-refractivity contribution is -0.116. The molecule has 7 nitrogen and oxygen atoms in total. The first kappa shape index (κ1) is 22.4. The summed E-state index contributed by atoms with van der Waals surface area (Å²) in [5.41, 5.74) is 2.97. The molecule has 2 heterocycles. The van der Waals surface area contributed by atoms with Gasteiger partial charge in [-0.3, -0.25) is 14.3 Å². The molecule has 0 saturated carbocycles. The van der Waals surface area contributed by atoms with E-state index in [1.165, 1.54) is 12.3 Å². The lowest BCUT2D eigenvalue weighted by atomic mass is 10.2. The monoisotopic (exact) mass is 440 g/mol. The SMILES string of the molecule is Cc1nn(CC(C)C)c(Cl)c1/C=C/C(=O)NCc1cccc(NC(=O)c2ccco2)c1. The van der Waals surface area contributed by atoms with Crippen molar-refractivity contribution in [1.29, 1.82) is 0 Å². The summed E-state index contributed by atoms with van der Waals surface area (Å²) in [4.78, 5) is 24.4. The topological polar surface area (TPSA) is 89.2 Å². The Kier molecular flexibility index (Phi) is 7.31. The Bertz CT molecular complexity index is 1080. The highest BCUT2D eigenvalue weighted by molar-refractivity contribution is 6.31. The maximum Gasteiger partial charge on any atom is 0.291 e. The largest absolute Gasteiger partial charge is 0.459 e. The second-order valence-corrected chi connectivity index (χ2v) is 7.91. The van der Waals surface area contributed by atoms with Gasteiger partial charge in [-0.15, -0.1) is 0 Å². The van der Waals surface area contributed by atoms with Gasteiger partial charge in [-0.2, -0.15) is 5.10 Å². The van der Waals surface area contributed by atoms with Gasteiger partial charge in [0.05, 0.1) is 12.0 Å². The number of halogens is 1. The van der Waals surface area contributed by atoms with Crippen LogP contribution in [-0.4, -0.2) is 21.6 Å². The van der Waals surface area contributed by atoms with Gasteiger partial charge in [-0.25, -0.2) is 0 Å². The number of rotatable bonds is 8. The third-order valence-electron chi connectivity index (χ3n) is 4.45. The second kappa shape index (κ2) is 10.1. The fourth-order valence-electron chi connectivity index (χ4n) is 2.99. The standard InChI is InChI=1S/C23H25ClN4O3/c1-15(2)14-28-22(24)19(16(3)27-28)9-10-21(29)25-13-17-6-4-7-18(12-17)26-23(30)20-8-5-11-31-20/h4-12,15H,13-14H2,1-3H3,(H,25,29)(H,26,30)/b10-9+. The molecule has 1 aromatic carbocycles. The predicted molar refractivity (Wildman–Crippen MR) is 121 cm³/mol. The third-order valence-corrected chi connectivity index (χ3v) is 4.84. The van der Waals surface area contributed by atoms with Crippen LogP contribution >= 0.6 is 11.6 Å². The molecule has 0 unspecified atom stereocenters.